The molecule has 4 aromatic rings. The van der Waals surface area contributed by atoms with Crippen LogP contribution in [0.2, 0.25) is 0 Å². The van der Waals surface area contributed by atoms with Crippen molar-refractivity contribution in [3.05, 3.63) is 82.7 Å². The third kappa shape index (κ3) is 3.05. The second-order valence-corrected chi connectivity index (χ2v) is 10.9. The van der Waals surface area contributed by atoms with Crippen LogP contribution in [-0.2, 0) is 5.60 Å². The molecular weight excluding hydrogens is 466 g/mol. The lowest BCUT2D eigenvalue weighted by molar-refractivity contribution is -0.180. The van der Waals surface area contributed by atoms with Crippen LogP contribution in [0.4, 0.5) is 0 Å². The molecule has 8 nitrogen and oxygen atoms in total. The zero-order valence-electron chi connectivity index (χ0n) is 20.5. The molecule has 4 heterocycles. The van der Waals surface area contributed by atoms with E-state index < -0.39 is 11.2 Å². The van der Waals surface area contributed by atoms with Crippen molar-refractivity contribution in [3.8, 4) is 23.5 Å². The molecule has 2 aliphatic carbocycles. The van der Waals surface area contributed by atoms with Crippen molar-refractivity contribution in [2.75, 3.05) is 7.05 Å². The van der Waals surface area contributed by atoms with E-state index in [1.165, 1.54) is 0 Å². The van der Waals surface area contributed by atoms with Crippen LogP contribution >= 0.6 is 0 Å². The van der Waals surface area contributed by atoms with Crippen LogP contribution in [-0.4, -0.2) is 53.3 Å². The van der Waals surface area contributed by atoms with E-state index in [1.807, 2.05) is 42.0 Å². The quantitative estimate of drug-likeness (QED) is 0.418. The Labute approximate surface area is 213 Å². The highest BCUT2D eigenvalue weighted by molar-refractivity contribution is 5.98. The minimum atomic E-state index is -1.19. The zero-order chi connectivity index (χ0) is 25.7. The Kier molecular flexibility index (Phi) is 4.34. The largest absolute Gasteiger partial charge is 0.390 e. The maximum absolute atomic E-state index is 13.3. The van der Waals surface area contributed by atoms with Crippen LogP contribution < -0.4 is 0 Å². The molecule has 0 spiro atoms. The zero-order valence-corrected chi connectivity index (χ0v) is 20.5. The van der Waals surface area contributed by atoms with Gasteiger partial charge in [-0.25, -0.2) is 14.5 Å². The van der Waals surface area contributed by atoms with Gasteiger partial charge >= 0.3 is 0 Å². The van der Waals surface area contributed by atoms with Gasteiger partial charge in [0.2, 0.25) is 0 Å². The maximum atomic E-state index is 13.3. The number of nitrogens with zero attached hydrogens (tertiary/aromatic N) is 5. The van der Waals surface area contributed by atoms with E-state index in [4.69, 9.17) is 11.5 Å². The molecular formula is C29H25N5O3. The molecule has 3 aliphatic rings. The molecule has 2 atom stereocenters. The van der Waals surface area contributed by atoms with Crippen molar-refractivity contribution in [3.63, 3.8) is 0 Å². The Balaban J connectivity index is 1.34. The summed E-state index contributed by atoms with van der Waals surface area (Å²) in [7, 11) is 1.83. The van der Waals surface area contributed by atoms with Crippen molar-refractivity contribution in [2.45, 2.75) is 49.3 Å². The highest BCUT2D eigenvalue weighted by Gasteiger charge is 2.53. The minimum Gasteiger partial charge on any atom is -0.390 e. The fourth-order valence-electron chi connectivity index (χ4n) is 6.59. The monoisotopic (exact) mass is 491 g/mol. The number of aromatic nitrogens is 4. The van der Waals surface area contributed by atoms with Gasteiger partial charge in [0.25, 0.3) is 5.91 Å². The molecule has 0 unspecified atom stereocenters. The lowest BCUT2D eigenvalue weighted by Gasteiger charge is -2.46. The van der Waals surface area contributed by atoms with Crippen LogP contribution in [0.15, 0.2) is 48.9 Å². The Hall–Kier alpha value is -4.06. The van der Waals surface area contributed by atoms with Crippen molar-refractivity contribution in [1.82, 2.24) is 24.5 Å². The first kappa shape index (κ1) is 22.2. The standard InChI is InChI=1S/C29H25N5O3/c1-4-16-6-5-7-19-23(16)20-11-22(33(3)26(19)35)25-24(20)21-10-17(8-9-34(21)32-25)18-12-30-27(31-13-18)29(37)14-28(2,36)15-29/h1,5-10,12-13,20,22,36-37H,11,14-15H2,2-3H3/t20-,22-,28?,29?/m1/s1. The first-order valence-electron chi connectivity index (χ1n) is 12.4. The van der Waals surface area contributed by atoms with Crippen LogP contribution in [0.1, 0.15) is 76.7 Å². The molecule has 7 rings (SSSR count). The number of carbonyl (C=O) groups is 1. The molecule has 37 heavy (non-hydrogen) atoms. The number of pyridine rings is 1. The number of rotatable bonds is 2. The van der Waals surface area contributed by atoms with Gasteiger partial charge in [-0.05, 0) is 48.7 Å². The van der Waals surface area contributed by atoms with Crippen molar-refractivity contribution in [2.24, 2.45) is 0 Å². The van der Waals surface area contributed by atoms with Gasteiger partial charge in [0.15, 0.2) is 5.82 Å². The highest BCUT2D eigenvalue weighted by Crippen LogP contribution is 2.52. The Bertz CT molecular complexity index is 1660. The predicted octanol–water partition coefficient (Wildman–Crippen LogP) is 3.17. The van der Waals surface area contributed by atoms with Gasteiger partial charge in [0.1, 0.15) is 5.60 Å². The molecule has 1 amide bonds. The summed E-state index contributed by atoms with van der Waals surface area (Å²) in [5, 5.41) is 25.7. The van der Waals surface area contributed by atoms with Gasteiger partial charge in [-0.1, -0.05) is 12.0 Å². The number of terminal acetylenes is 1. The van der Waals surface area contributed by atoms with Crippen LogP contribution in [0, 0.1) is 12.3 Å². The van der Waals surface area contributed by atoms with Crippen LogP contribution in [0.3, 0.4) is 0 Å². The first-order valence-corrected chi connectivity index (χ1v) is 12.4. The summed E-state index contributed by atoms with van der Waals surface area (Å²) in [4.78, 5) is 23.9. The van der Waals surface area contributed by atoms with Crippen molar-refractivity contribution < 1.29 is 15.0 Å². The van der Waals surface area contributed by atoms with E-state index in [2.05, 4.69) is 22.0 Å². The molecule has 8 heteroatoms. The Morgan fingerprint density at radius 3 is 2.57 bits per heavy atom. The molecule has 2 bridgehead atoms. The summed E-state index contributed by atoms with van der Waals surface area (Å²) in [5.74, 6) is 3.04. The van der Waals surface area contributed by atoms with Gasteiger partial charge in [-0.3, -0.25) is 4.79 Å². The maximum Gasteiger partial charge on any atom is 0.254 e. The van der Waals surface area contributed by atoms with E-state index in [-0.39, 0.29) is 30.7 Å². The first-order chi connectivity index (χ1) is 17.7. The van der Waals surface area contributed by atoms with Gasteiger partial charge in [-0.2, -0.15) is 5.10 Å². The molecule has 0 radical (unpaired) electrons. The number of hydrogen-bond donors (Lipinski definition) is 2. The van der Waals surface area contributed by atoms with Crippen molar-refractivity contribution in [1.29, 1.82) is 0 Å². The Morgan fingerprint density at radius 1 is 1.11 bits per heavy atom. The SMILES string of the molecule is C#Cc1cccc2c1[C@H]1C[C@H](c3nn4ccc(-c5cnc(C6(O)CC(C)(O)C6)nc5)cc4c31)N(C)C2=O. The summed E-state index contributed by atoms with van der Waals surface area (Å²) in [6.45, 7) is 1.70. The second kappa shape index (κ2) is 7.25. The average molecular weight is 492 g/mol. The summed E-state index contributed by atoms with van der Waals surface area (Å²) >= 11 is 0. The minimum absolute atomic E-state index is 0.0325. The molecule has 1 aromatic carbocycles. The average Bonchev–Trinajstić information content (AvgIpc) is 3.40. The number of hydrogen-bond acceptors (Lipinski definition) is 6. The summed E-state index contributed by atoms with van der Waals surface area (Å²) < 4.78 is 1.86. The fourth-order valence-corrected chi connectivity index (χ4v) is 6.59. The van der Waals surface area contributed by atoms with E-state index in [0.717, 1.165) is 45.4 Å². The van der Waals surface area contributed by atoms with Gasteiger partial charge in [0.05, 0.1) is 22.9 Å². The molecule has 1 fully saturated rings. The van der Waals surface area contributed by atoms with Gasteiger partial charge < -0.3 is 15.1 Å². The third-order valence-electron chi connectivity index (χ3n) is 8.20. The normalized spacial score (nSPS) is 27.9. The number of amides is 1. The van der Waals surface area contributed by atoms with Crippen LogP contribution in [0.5, 0.6) is 0 Å². The van der Waals surface area contributed by atoms with E-state index in [1.54, 1.807) is 24.2 Å². The van der Waals surface area contributed by atoms with Gasteiger partial charge in [0, 0.05) is 66.7 Å². The Morgan fingerprint density at radius 2 is 1.86 bits per heavy atom. The number of carbonyl (C=O) groups excluding carboxylic acids is 1. The molecule has 0 saturated heterocycles. The number of fused-ring (bicyclic) bond motifs is 9. The van der Waals surface area contributed by atoms with E-state index in [0.29, 0.717) is 11.4 Å². The number of aliphatic hydroxyl groups is 2. The molecule has 1 aliphatic heterocycles. The summed E-state index contributed by atoms with van der Waals surface area (Å²) in [5.41, 5.74) is 4.90. The third-order valence-corrected chi connectivity index (χ3v) is 8.20. The van der Waals surface area contributed by atoms with E-state index in [9.17, 15) is 15.0 Å². The second-order valence-electron chi connectivity index (χ2n) is 10.9. The summed E-state index contributed by atoms with van der Waals surface area (Å²) in [6.07, 6.45) is 12.4. The fraction of sp³-hybridized carbons (Fsp3) is 0.310. The smallest absolute Gasteiger partial charge is 0.254 e. The predicted molar refractivity (Wildman–Crippen MR) is 136 cm³/mol. The molecule has 2 N–H and O–H groups in total. The lowest BCUT2D eigenvalue weighted by atomic mass is 9.68. The molecule has 184 valence electrons. The molecule has 1 saturated carbocycles. The summed E-state index contributed by atoms with van der Waals surface area (Å²) in [6, 6.07) is 9.51. The number of benzene rings is 1. The van der Waals surface area contributed by atoms with Gasteiger partial charge in [-0.15, -0.1) is 6.42 Å². The van der Waals surface area contributed by atoms with Crippen molar-refractivity contribution >= 4 is 11.4 Å². The molecule has 3 aromatic heterocycles. The highest BCUT2D eigenvalue weighted by atomic mass is 16.3. The van der Waals surface area contributed by atoms with Crippen LogP contribution in [0.25, 0.3) is 16.6 Å². The van der Waals surface area contributed by atoms with E-state index >= 15 is 0 Å². The topological polar surface area (TPSA) is 104 Å². The lowest BCUT2D eigenvalue weighted by Crippen LogP contribution is -2.53.